The van der Waals surface area contributed by atoms with Gasteiger partial charge in [0.15, 0.2) is 0 Å². The molecule has 0 bridgehead atoms. The van der Waals surface area contributed by atoms with Crippen LogP contribution >= 0.6 is 0 Å². The van der Waals surface area contributed by atoms with Gasteiger partial charge in [-0.3, -0.25) is 0 Å². The maximum absolute atomic E-state index is 11.1. The van der Waals surface area contributed by atoms with Gasteiger partial charge in [0, 0.05) is 17.0 Å². The summed E-state index contributed by atoms with van der Waals surface area (Å²) in [5.41, 5.74) is 5.15. The fourth-order valence-electron chi connectivity index (χ4n) is 3.68. The average molecular weight is 332 g/mol. The van der Waals surface area contributed by atoms with Gasteiger partial charge in [-0.25, -0.2) is 4.98 Å². The number of para-hydroxylation sites is 1. The number of nitrogens with zero attached hydrogens (tertiary/aromatic N) is 1. The molecule has 1 aromatic heterocycles. The van der Waals surface area contributed by atoms with Crippen LogP contribution in [0.3, 0.4) is 0 Å². The predicted molar refractivity (Wildman–Crippen MR) is 103 cm³/mol. The smallest absolute Gasteiger partial charge is 0.0950 e. The van der Waals surface area contributed by atoms with Gasteiger partial charge in [0.25, 0.3) is 0 Å². The lowest BCUT2D eigenvalue weighted by atomic mass is 9.92. The molecule has 1 aliphatic rings. The summed E-state index contributed by atoms with van der Waals surface area (Å²) in [7, 11) is 0. The Labute approximate surface area is 148 Å². The van der Waals surface area contributed by atoms with Crippen LogP contribution in [0.25, 0.3) is 22.2 Å². The van der Waals surface area contributed by atoms with Crippen molar-refractivity contribution in [2.75, 3.05) is 6.54 Å². The molecule has 0 amide bonds. The molecule has 0 unspecified atom stereocenters. The molecule has 2 atom stereocenters. The van der Waals surface area contributed by atoms with E-state index in [1.807, 2.05) is 18.2 Å². The highest BCUT2D eigenvalue weighted by Crippen LogP contribution is 2.32. The number of nitrogens with one attached hydrogen (secondary N) is 1. The van der Waals surface area contributed by atoms with Crippen molar-refractivity contribution in [3.8, 4) is 11.3 Å². The molecule has 1 aliphatic heterocycles. The fraction of sp³-hybridized carbons (Fsp3) is 0.318. The van der Waals surface area contributed by atoms with E-state index in [0.717, 1.165) is 40.7 Å². The monoisotopic (exact) mass is 332 g/mol. The Bertz CT molecular complexity index is 867. The van der Waals surface area contributed by atoms with Crippen LogP contribution in [0.5, 0.6) is 0 Å². The molecule has 128 valence electrons. The molecule has 0 radical (unpaired) electrons. The summed E-state index contributed by atoms with van der Waals surface area (Å²) in [6, 6.07) is 18.7. The summed E-state index contributed by atoms with van der Waals surface area (Å²) in [6.07, 6.45) is 2.85. The number of hydrogen-bond donors (Lipinski definition) is 2. The lowest BCUT2D eigenvalue weighted by Crippen LogP contribution is -2.38. The summed E-state index contributed by atoms with van der Waals surface area (Å²) < 4.78 is 0. The lowest BCUT2D eigenvalue weighted by Gasteiger charge is -2.29. The highest BCUT2D eigenvalue weighted by Gasteiger charge is 2.25. The molecule has 25 heavy (non-hydrogen) atoms. The van der Waals surface area contributed by atoms with Crippen LogP contribution in [0.4, 0.5) is 0 Å². The second kappa shape index (κ2) is 6.95. The largest absolute Gasteiger partial charge is 0.387 e. The van der Waals surface area contributed by atoms with Gasteiger partial charge in [-0.15, -0.1) is 0 Å². The first-order chi connectivity index (χ1) is 12.2. The van der Waals surface area contributed by atoms with Gasteiger partial charge in [-0.05, 0) is 44.0 Å². The lowest BCUT2D eigenvalue weighted by molar-refractivity contribution is 0.115. The quantitative estimate of drug-likeness (QED) is 0.748. The predicted octanol–water partition coefficient (Wildman–Crippen LogP) is 4.39. The molecule has 1 fully saturated rings. The molecule has 3 heteroatoms. The minimum Gasteiger partial charge on any atom is -0.387 e. The Kier molecular flexibility index (Phi) is 4.51. The molecule has 2 aromatic carbocycles. The van der Waals surface area contributed by atoms with E-state index >= 15 is 0 Å². The first-order valence-electron chi connectivity index (χ1n) is 9.10. The van der Waals surface area contributed by atoms with E-state index in [4.69, 9.17) is 4.98 Å². The van der Waals surface area contributed by atoms with Crippen molar-refractivity contribution in [2.24, 2.45) is 0 Å². The number of aryl methyl sites for hydroxylation is 1. The number of aromatic nitrogens is 1. The second-order valence-electron chi connectivity index (χ2n) is 6.98. The Balaban J connectivity index is 1.82. The van der Waals surface area contributed by atoms with E-state index in [2.05, 4.69) is 48.6 Å². The van der Waals surface area contributed by atoms with Crippen molar-refractivity contribution >= 4 is 10.9 Å². The summed E-state index contributed by atoms with van der Waals surface area (Å²) in [6.45, 7) is 3.07. The highest BCUT2D eigenvalue weighted by atomic mass is 16.3. The molecule has 0 spiro atoms. The van der Waals surface area contributed by atoms with Crippen LogP contribution in [0.15, 0.2) is 54.6 Å². The van der Waals surface area contributed by atoms with Gasteiger partial charge < -0.3 is 10.4 Å². The maximum Gasteiger partial charge on any atom is 0.0950 e. The van der Waals surface area contributed by atoms with Crippen molar-refractivity contribution < 1.29 is 5.11 Å². The van der Waals surface area contributed by atoms with Crippen LogP contribution in [0.2, 0.25) is 0 Å². The van der Waals surface area contributed by atoms with Gasteiger partial charge in [0.05, 0.1) is 17.3 Å². The summed E-state index contributed by atoms with van der Waals surface area (Å²) in [5.74, 6) is 0. The van der Waals surface area contributed by atoms with Crippen LogP contribution in [-0.4, -0.2) is 22.7 Å². The zero-order chi connectivity index (χ0) is 17.2. The van der Waals surface area contributed by atoms with E-state index in [1.165, 1.54) is 18.4 Å². The first-order valence-corrected chi connectivity index (χ1v) is 9.10. The maximum atomic E-state index is 11.1. The average Bonchev–Trinajstić information content (AvgIpc) is 2.68. The molecule has 0 aliphatic carbocycles. The summed E-state index contributed by atoms with van der Waals surface area (Å²) in [4.78, 5) is 4.83. The normalized spacial score (nSPS) is 19.0. The molecule has 0 saturated carbocycles. The molecule has 2 N–H and O–H groups in total. The minimum atomic E-state index is -0.516. The summed E-state index contributed by atoms with van der Waals surface area (Å²) in [5, 5.41) is 15.6. The summed E-state index contributed by atoms with van der Waals surface area (Å²) >= 11 is 0. The third-order valence-corrected chi connectivity index (χ3v) is 5.14. The van der Waals surface area contributed by atoms with Crippen molar-refractivity contribution in [3.63, 3.8) is 0 Å². The number of rotatable bonds is 3. The zero-order valence-corrected chi connectivity index (χ0v) is 14.6. The molecule has 3 nitrogen and oxygen atoms in total. The van der Waals surface area contributed by atoms with Crippen LogP contribution < -0.4 is 5.32 Å². The number of pyridine rings is 1. The number of aliphatic hydroxyl groups excluding tert-OH is 1. The second-order valence-corrected chi connectivity index (χ2v) is 6.98. The standard InChI is InChI=1S/C22H24N2O/c1-15-9-11-16(12-10-15)21-14-18(17-6-2-3-7-19(17)24-21)22(25)20-8-4-5-13-23-20/h2-3,6-7,9-12,14,20,22-23,25H,4-5,8,13H2,1H3/t20-,22+/m1/s1. The van der Waals surface area contributed by atoms with E-state index in [0.29, 0.717) is 0 Å². The van der Waals surface area contributed by atoms with Crippen LogP contribution in [0.1, 0.15) is 36.5 Å². The number of benzene rings is 2. The number of fused-ring (bicyclic) bond motifs is 1. The molecule has 1 saturated heterocycles. The topological polar surface area (TPSA) is 45.1 Å². The van der Waals surface area contributed by atoms with Crippen molar-refractivity contribution in [1.29, 1.82) is 0 Å². The van der Waals surface area contributed by atoms with Gasteiger partial charge in [0.2, 0.25) is 0 Å². The zero-order valence-electron chi connectivity index (χ0n) is 14.6. The van der Waals surface area contributed by atoms with E-state index in [1.54, 1.807) is 0 Å². The van der Waals surface area contributed by atoms with Gasteiger partial charge in [0.1, 0.15) is 0 Å². The molecule has 4 rings (SSSR count). The third-order valence-electron chi connectivity index (χ3n) is 5.14. The third kappa shape index (κ3) is 3.30. The van der Waals surface area contributed by atoms with Gasteiger partial charge in [-0.2, -0.15) is 0 Å². The van der Waals surface area contributed by atoms with Crippen molar-refractivity contribution in [3.05, 3.63) is 65.7 Å². The van der Waals surface area contributed by atoms with E-state index in [9.17, 15) is 5.11 Å². The van der Waals surface area contributed by atoms with Gasteiger partial charge in [-0.1, -0.05) is 54.4 Å². The Morgan fingerprint density at radius 1 is 1.08 bits per heavy atom. The molecular formula is C22H24N2O. The Morgan fingerprint density at radius 3 is 2.64 bits per heavy atom. The van der Waals surface area contributed by atoms with Gasteiger partial charge >= 0.3 is 0 Å². The van der Waals surface area contributed by atoms with Crippen LogP contribution in [-0.2, 0) is 0 Å². The SMILES string of the molecule is Cc1ccc(-c2cc([C@H](O)[C@H]3CCCCN3)c3ccccc3n2)cc1. The molecule has 2 heterocycles. The van der Waals surface area contributed by atoms with Crippen LogP contribution in [0, 0.1) is 6.92 Å². The number of aliphatic hydroxyl groups is 1. The van der Waals surface area contributed by atoms with E-state index < -0.39 is 6.10 Å². The number of piperidine rings is 1. The van der Waals surface area contributed by atoms with Crippen molar-refractivity contribution in [1.82, 2.24) is 10.3 Å². The fourth-order valence-corrected chi connectivity index (χ4v) is 3.68. The minimum absolute atomic E-state index is 0.116. The molecule has 3 aromatic rings. The van der Waals surface area contributed by atoms with Crippen molar-refractivity contribution in [2.45, 2.75) is 38.3 Å². The Morgan fingerprint density at radius 2 is 1.88 bits per heavy atom. The number of hydrogen-bond acceptors (Lipinski definition) is 3. The Hall–Kier alpha value is -2.23. The van der Waals surface area contributed by atoms with E-state index in [-0.39, 0.29) is 6.04 Å². The first kappa shape index (κ1) is 16.2. The highest BCUT2D eigenvalue weighted by molar-refractivity contribution is 5.85. The molecular weight excluding hydrogens is 308 g/mol.